The standard InChI is InChI=1S/C22H28N4O2/c1-5-25(14-17-10-12-18(13-11-17)24(3)4)16(2)22(28)26-15-21(27)23-19-8-6-7-9-20(19)26/h6-13,16H,5,14-15H2,1-4H3,(H,23,27)/t16-/m0/s1. The minimum atomic E-state index is -0.336. The molecule has 0 radical (unpaired) electrons. The van der Waals surface area contributed by atoms with Crippen LogP contribution in [0.5, 0.6) is 0 Å². The summed E-state index contributed by atoms with van der Waals surface area (Å²) < 4.78 is 0. The molecule has 0 fully saturated rings. The fourth-order valence-electron chi connectivity index (χ4n) is 3.47. The summed E-state index contributed by atoms with van der Waals surface area (Å²) in [4.78, 5) is 31.1. The lowest BCUT2D eigenvalue weighted by Crippen LogP contribution is -2.51. The van der Waals surface area contributed by atoms with Crippen molar-refractivity contribution in [3.63, 3.8) is 0 Å². The fourth-order valence-corrected chi connectivity index (χ4v) is 3.47. The number of rotatable bonds is 6. The number of fused-ring (bicyclic) bond motifs is 1. The summed E-state index contributed by atoms with van der Waals surface area (Å²) in [6, 6.07) is 15.4. The molecule has 6 heteroatoms. The Hall–Kier alpha value is -2.86. The molecule has 0 aromatic heterocycles. The molecule has 1 aliphatic heterocycles. The first-order chi connectivity index (χ1) is 13.4. The van der Waals surface area contributed by atoms with Crippen molar-refractivity contribution in [2.24, 2.45) is 0 Å². The number of hydrogen-bond acceptors (Lipinski definition) is 4. The number of likely N-dealkylation sites (N-methyl/N-ethyl adjacent to an activating group) is 1. The average molecular weight is 380 g/mol. The Morgan fingerprint density at radius 3 is 2.46 bits per heavy atom. The number of carbonyl (C=O) groups is 2. The molecule has 1 aliphatic rings. The molecule has 0 saturated carbocycles. The van der Waals surface area contributed by atoms with Gasteiger partial charge in [-0.05, 0) is 43.3 Å². The summed E-state index contributed by atoms with van der Waals surface area (Å²) in [5.74, 6) is -0.226. The summed E-state index contributed by atoms with van der Waals surface area (Å²) in [5.41, 5.74) is 3.74. The van der Waals surface area contributed by atoms with E-state index in [9.17, 15) is 9.59 Å². The van der Waals surface area contributed by atoms with Crippen LogP contribution >= 0.6 is 0 Å². The lowest BCUT2D eigenvalue weighted by atomic mass is 10.1. The van der Waals surface area contributed by atoms with Gasteiger partial charge >= 0.3 is 0 Å². The highest BCUT2D eigenvalue weighted by molar-refractivity contribution is 6.11. The van der Waals surface area contributed by atoms with Crippen molar-refractivity contribution in [2.75, 3.05) is 42.3 Å². The monoisotopic (exact) mass is 380 g/mol. The molecule has 2 aromatic carbocycles. The number of nitrogens with zero attached hydrogens (tertiary/aromatic N) is 3. The third-order valence-corrected chi connectivity index (χ3v) is 5.19. The van der Waals surface area contributed by atoms with Crippen LogP contribution in [0.1, 0.15) is 19.4 Å². The van der Waals surface area contributed by atoms with Gasteiger partial charge in [0, 0.05) is 26.3 Å². The van der Waals surface area contributed by atoms with Gasteiger partial charge in [-0.3, -0.25) is 19.4 Å². The number of carbonyl (C=O) groups excluding carboxylic acids is 2. The lowest BCUT2D eigenvalue weighted by molar-refractivity contribution is -0.125. The Balaban J connectivity index is 1.76. The highest BCUT2D eigenvalue weighted by Crippen LogP contribution is 2.30. The zero-order valence-corrected chi connectivity index (χ0v) is 17.0. The summed E-state index contributed by atoms with van der Waals surface area (Å²) in [7, 11) is 4.03. The molecular weight excluding hydrogens is 352 g/mol. The van der Waals surface area contributed by atoms with Gasteiger partial charge in [-0.2, -0.15) is 0 Å². The molecule has 2 aromatic rings. The van der Waals surface area contributed by atoms with E-state index in [1.54, 1.807) is 4.90 Å². The van der Waals surface area contributed by atoms with Crippen LogP contribution in [0.4, 0.5) is 17.1 Å². The first-order valence-corrected chi connectivity index (χ1v) is 9.61. The van der Waals surface area contributed by atoms with Crippen LogP contribution in [-0.2, 0) is 16.1 Å². The second kappa shape index (κ2) is 8.44. The van der Waals surface area contributed by atoms with E-state index in [4.69, 9.17) is 0 Å². The minimum Gasteiger partial charge on any atom is -0.378 e. The molecule has 0 aliphatic carbocycles. The van der Waals surface area contributed by atoms with Crippen LogP contribution in [0, 0.1) is 0 Å². The topological polar surface area (TPSA) is 55.9 Å². The number of anilines is 3. The van der Waals surface area contributed by atoms with E-state index in [1.807, 2.05) is 45.3 Å². The Morgan fingerprint density at radius 1 is 1.14 bits per heavy atom. The maximum atomic E-state index is 13.2. The zero-order valence-electron chi connectivity index (χ0n) is 17.0. The summed E-state index contributed by atoms with van der Waals surface area (Å²) in [5, 5.41) is 2.83. The van der Waals surface area contributed by atoms with Crippen LogP contribution in [0.3, 0.4) is 0 Å². The molecule has 1 atom stereocenters. The Morgan fingerprint density at radius 2 is 1.82 bits per heavy atom. The molecule has 0 spiro atoms. The van der Waals surface area contributed by atoms with E-state index in [-0.39, 0.29) is 24.4 Å². The largest absolute Gasteiger partial charge is 0.378 e. The first kappa shape index (κ1) is 19.9. The summed E-state index contributed by atoms with van der Waals surface area (Å²) in [6.45, 7) is 5.43. The highest BCUT2D eigenvalue weighted by Gasteiger charge is 2.31. The first-order valence-electron chi connectivity index (χ1n) is 9.61. The van der Waals surface area contributed by atoms with Gasteiger partial charge in [0.15, 0.2) is 0 Å². The number of hydrogen-bond donors (Lipinski definition) is 1. The second-order valence-electron chi connectivity index (χ2n) is 7.29. The number of nitrogens with one attached hydrogen (secondary N) is 1. The van der Waals surface area contributed by atoms with Gasteiger partial charge in [0.1, 0.15) is 6.54 Å². The van der Waals surface area contributed by atoms with Gasteiger partial charge in [0.05, 0.1) is 17.4 Å². The maximum absolute atomic E-state index is 13.2. The quantitative estimate of drug-likeness (QED) is 0.837. The van der Waals surface area contributed by atoms with Crippen molar-refractivity contribution in [3.8, 4) is 0 Å². The molecule has 1 heterocycles. The fraction of sp³-hybridized carbons (Fsp3) is 0.364. The molecule has 2 amide bonds. The van der Waals surface area contributed by atoms with Crippen LogP contribution in [0.15, 0.2) is 48.5 Å². The molecule has 0 bridgehead atoms. The van der Waals surface area contributed by atoms with E-state index in [2.05, 4.69) is 46.3 Å². The third-order valence-electron chi connectivity index (χ3n) is 5.19. The van der Waals surface area contributed by atoms with Gasteiger partial charge in [-0.25, -0.2) is 0 Å². The van der Waals surface area contributed by atoms with Crippen LogP contribution in [0.25, 0.3) is 0 Å². The molecule has 1 N–H and O–H groups in total. The summed E-state index contributed by atoms with van der Waals surface area (Å²) in [6.07, 6.45) is 0. The van der Waals surface area contributed by atoms with Crippen molar-refractivity contribution in [1.29, 1.82) is 0 Å². The van der Waals surface area contributed by atoms with Gasteiger partial charge in [0.2, 0.25) is 11.8 Å². The molecule has 28 heavy (non-hydrogen) atoms. The molecule has 148 valence electrons. The lowest BCUT2D eigenvalue weighted by Gasteiger charge is -2.34. The Labute approximate surface area is 166 Å². The van der Waals surface area contributed by atoms with E-state index in [0.717, 1.165) is 23.5 Å². The van der Waals surface area contributed by atoms with Crippen molar-refractivity contribution >= 4 is 28.9 Å². The smallest absolute Gasteiger partial charge is 0.244 e. The maximum Gasteiger partial charge on any atom is 0.244 e. The van der Waals surface area contributed by atoms with Crippen molar-refractivity contribution in [2.45, 2.75) is 26.4 Å². The Bertz CT molecular complexity index is 848. The van der Waals surface area contributed by atoms with Crippen LogP contribution in [0.2, 0.25) is 0 Å². The molecule has 3 rings (SSSR count). The van der Waals surface area contributed by atoms with E-state index >= 15 is 0 Å². The zero-order chi connectivity index (χ0) is 20.3. The van der Waals surface area contributed by atoms with Gasteiger partial charge < -0.3 is 10.2 Å². The SMILES string of the molecule is CCN(Cc1ccc(N(C)C)cc1)[C@@H](C)C(=O)N1CC(=O)Nc2ccccc21. The van der Waals surface area contributed by atoms with Crippen molar-refractivity contribution in [3.05, 3.63) is 54.1 Å². The predicted molar refractivity (Wildman–Crippen MR) is 114 cm³/mol. The highest BCUT2D eigenvalue weighted by atomic mass is 16.2. The van der Waals surface area contributed by atoms with E-state index in [1.165, 1.54) is 0 Å². The van der Waals surface area contributed by atoms with Gasteiger partial charge in [-0.15, -0.1) is 0 Å². The second-order valence-corrected chi connectivity index (χ2v) is 7.29. The van der Waals surface area contributed by atoms with Crippen molar-refractivity contribution < 1.29 is 9.59 Å². The van der Waals surface area contributed by atoms with E-state index in [0.29, 0.717) is 12.2 Å². The third kappa shape index (κ3) is 4.17. The van der Waals surface area contributed by atoms with E-state index < -0.39 is 0 Å². The van der Waals surface area contributed by atoms with Crippen LogP contribution < -0.4 is 15.1 Å². The number of benzene rings is 2. The van der Waals surface area contributed by atoms with Gasteiger partial charge in [-0.1, -0.05) is 31.2 Å². The molecule has 0 saturated heterocycles. The summed E-state index contributed by atoms with van der Waals surface area (Å²) >= 11 is 0. The number of para-hydroxylation sites is 2. The predicted octanol–water partition coefficient (Wildman–Crippen LogP) is 2.95. The van der Waals surface area contributed by atoms with Crippen molar-refractivity contribution in [1.82, 2.24) is 4.90 Å². The van der Waals surface area contributed by atoms with Crippen LogP contribution in [-0.4, -0.2) is 49.9 Å². The van der Waals surface area contributed by atoms with Gasteiger partial charge in [0.25, 0.3) is 0 Å². The molecule has 0 unspecified atom stereocenters. The average Bonchev–Trinajstić information content (AvgIpc) is 2.70. The molecule has 6 nitrogen and oxygen atoms in total. The minimum absolute atomic E-state index is 0.0509. The Kier molecular flexibility index (Phi) is 5.99. The normalized spacial score (nSPS) is 14.5. The molecular formula is C22H28N4O2. The number of amides is 2.